The molecule has 0 radical (unpaired) electrons. The summed E-state index contributed by atoms with van der Waals surface area (Å²) in [6.07, 6.45) is 1.87. The minimum absolute atomic E-state index is 0.177. The van der Waals surface area contributed by atoms with Gasteiger partial charge in [-0.05, 0) is 26.0 Å². The molecule has 0 aliphatic heterocycles. The summed E-state index contributed by atoms with van der Waals surface area (Å²) in [4.78, 5) is 0. The average Bonchev–Trinajstić information content (AvgIpc) is 1.94. The summed E-state index contributed by atoms with van der Waals surface area (Å²) < 4.78 is 2.35. The maximum absolute atomic E-state index is 9.22. The lowest BCUT2D eigenvalue weighted by atomic mass is 10.3. The van der Waals surface area contributed by atoms with Crippen molar-refractivity contribution >= 4 is 12.2 Å². The molecule has 1 heterocycles. The third-order valence-electron chi connectivity index (χ3n) is 1.51. The minimum Gasteiger partial charge on any atom is -0.505 e. The third-order valence-corrected chi connectivity index (χ3v) is 1.93. The van der Waals surface area contributed by atoms with Gasteiger partial charge in [0.1, 0.15) is 10.4 Å². The first kappa shape index (κ1) is 8.27. The Morgan fingerprint density at radius 2 is 2.18 bits per heavy atom. The van der Waals surface area contributed by atoms with Gasteiger partial charge in [-0.25, -0.2) is 0 Å². The molecule has 0 aliphatic rings. The standard InChI is InChI=1S/C8H11NOS/c1-6(2)9-5-3-4-7(10)8(9)11/h3-6,10H,1-2H3. The molecular formula is C8H11NOS. The van der Waals surface area contributed by atoms with Gasteiger partial charge in [0.15, 0.2) is 0 Å². The molecule has 1 N–H and O–H groups in total. The van der Waals surface area contributed by atoms with Crippen molar-refractivity contribution in [3.8, 4) is 5.75 Å². The topological polar surface area (TPSA) is 25.2 Å². The van der Waals surface area contributed by atoms with Crippen LogP contribution in [0.1, 0.15) is 19.9 Å². The second-order valence-electron chi connectivity index (χ2n) is 2.70. The Morgan fingerprint density at radius 3 is 2.64 bits per heavy atom. The number of nitrogens with zero attached hydrogens (tertiary/aromatic N) is 1. The Hall–Kier alpha value is -0.830. The van der Waals surface area contributed by atoms with E-state index >= 15 is 0 Å². The van der Waals surface area contributed by atoms with Crippen LogP contribution in [0.25, 0.3) is 0 Å². The summed E-state index contributed by atoms with van der Waals surface area (Å²) in [6.45, 7) is 4.05. The van der Waals surface area contributed by atoms with E-state index in [1.54, 1.807) is 12.1 Å². The quantitative estimate of drug-likeness (QED) is 0.653. The normalized spacial score (nSPS) is 10.5. The summed E-state index contributed by atoms with van der Waals surface area (Å²) in [7, 11) is 0. The summed E-state index contributed by atoms with van der Waals surface area (Å²) in [6, 6.07) is 3.68. The molecule has 1 aromatic rings. The number of pyridine rings is 1. The van der Waals surface area contributed by atoms with Gasteiger partial charge < -0.3 is 9.67 Å². The number of hydrogen-bond donors (Lipinski definition) is 1. The van der Waals surface area contributed by atoms with Crippen molar-refractivity contribution in [2.45, 2.75) is 19.9 Å². The van der Waals surface area contributed by atoms with E-state index in [1.807, 2.05) is 24.6 Å². The van der Waals surface area contributed by atoms with E-state index in [9.17, 15) is 5.11 Å². The van der Waals surface area contributed by atoms with Crippen molar-refractivity contribution in [3.05, 3.63) is 23.0 Å². The Labute approximate surface area is 71.1 Å². The van der Waals surface area contributed by atoms with Crippen molar-refractivity contribution < 1.29 is 5.11 Å². The van der Waals surface area contributed by atoms with Crippen molar-refractivity contribution in [1.29, 1.82) is 0 Å². The van der Waals surface area contributed by atoms with Crippen molar-refractivity contribution in [2.75, 3.05) is 0 Å². The maximum atomic E-state index is 9.22. The third kappa shape index (κ3) is 1.60. The van der Waals surface area contributed by atoms with Crippen LogP contribution in [0.2, 0.25) is 0 Å². The molecule has 0 bridgehead atoms. The van der Waals surface area contributed by atoms with Crippen LogP contribution < -0.4 is 0 Å². The maximum Gasteiger partial charge on any atom is 0.150 e. The summed E-state index contributed by atoms with van der Waals surface area (Å²) in [5.41, 5.74) is 0. The molecule has 1 rings (SSSR count). The first-order valence-electron chi connectivity index (χ1n) is 3.53. The predicted molar refractivity (Wildman–Crippen MR) is 47.3 cm³/mol. The molecule has 60 valence electrons. The molecule has 1 aromatic heterocycles. The van der Waals surface area contributed by atoms with E-state index in [4.69, 9.17) is 12.2 Å². The van der Waals surface area contributed by atoms with Crippen LogP contribution >= 0.6 is 12.2 Å². The number of aromatic nitrogens is 1. The first-order valence-corrected chi connectivity index (χ1v) is 3.94. The van der Waals surface area contributed by atoms with Crippen LogP contribution in [-0.2, 0) is 0 Å². The first-order chi connectivity index (χ1) is 5.13. The van der Waals surface area contributed by atoms with Gasteiger partial charge in [-0.3, -0.25) is 0 Å². The van der Waals surface area contributed by atoms with Gasteiger partial charge in [-0.2, -0.15) is 0 Å². The second-order valence-corrected chi connectivity index (χ2v) is 3.09. The van der Waals surface area contributed by atoms with Crippen LogP contribution in [0.4, 0.5) is 0 Å². The molecule has 0 saturated carbocycles. The van der Waals surface area contributed by atoms with Crippen molar-refractivity contribution in [1.82, 2.24) is 4.57 Å². The van der Waals surface area contributed by atoms with Crippen LogP contribution in [0.15, 0.2) is 18.3 Å². The van der Waals surface area contributed by atoms with E-state index in [-0.39, 0.29) is 5.75 Å². The highest BCUT2D eigenvalue weighted by atomic mass is 32.1. The van der Waals surface area contributed by atoms with E-state index in [2.05, 4.69) is 0 Å². The zero-order valence-electron chi connectivity index (χ0n) is 6.61. The van der Waals surface area contributed by atoms with E-state index < -0.39 is 0 Å². The molecule has 0 aromatic carbocycles. The van der Waals surface area contributed by atoms with E-state index in [0.717, 1.165) is 0 Å². The second kappa shape index (κ2) is 3.05. The molecule has 11 heavy (non-hydrogen) atoms. The van der Waals surface area contributed by atoms with Gasteiger partial charge in [0.25, 0.3) is 0 Å². The van der Waals surface area contributed by atoms with Gasteiger partial charge >= 0.3 is 0 Å². The van der Waals surface area contributed by atoms with Crippen LogP contribution in [0.3, 0.4) is 0 Å². The highest BCUT2D eigenvalue weighted by Crippen LogP contribution is 2.14. The Balaban J connectivity index is 3.28. The summed E-state index contributed by atoms with van der Waals surface area (Å²) >= 11 is 4.98. The van der Waals surface area contributed by atoms with Gasteiger partial charge in [0, 0.05) is 12.2 Å². The SMILES string of the molecule is CC(C)n1cccc(O)c1=S. The zero-order chi connectivity index (χ0) is 8.43. The minimum atomic E-state index is 0.177. The molecule has 0 atom stereocenters. The Kier molecular flexibility index (Phi) is 2.29. The Morgan fingerprint density at radius 1 is 1.55 bits per heavy atom. The van der Waals surface area contributed by atoms with Gasteiger partial charge in [-0.1, -0.05) is 12.2 Å². The lowest BCUT2D eigenvalue weighted by Crippen LogP contribution is -2.01. The molecule has 0 spiro atoms. The van der Waals surface area contributed by atoms with Gasteiger partial charge in [0.05, 0.1) is 0 Å². The lowest BCUT2D eigenvalue weighted by molar-refractivity contribution is 0.456. The fourth-order valence-electron chi connectivity index (χ4n) is 0.905. The lowest BCUT2D eigenvalue weighted by Gasteiger charge is -2.10. The highest BCUT2D eigenvalue weighted by molar-refractivity contribution is 7.71. The summed E-state index contributed by atoms with van der Waals surface area (Å²) in [5.74, 6) is 0.177. The molecule has 0 unspecified atom stereocenters. The zero-order valence-corrected chi connectivity index (χ0v) is 7.43. The molecule has 0 fully saturated rings. The van der Waals surface area contributed by atoms with Crippen LogP contribution in [0.5, 0.6) is 5.75 Å². The molecular weight excluding hydrogens is 158 g/mol. The predicted octanol–water partition coefficient (Wildman–Crippen LogP) is 2.50. The van der Waals surface area contributed by atoms with Crippen molar-refractivity contribution in [3.63, 3.8) is 0 Å². The van der Waals surface area contributed by atoms with E-state index in [1.165, 1.54) is 0 Å². The molecule has 0 aliphatic carbocycles. The smallest absolute Gasteiger partial charge is 0.150 e. The fourth-order valence-corrected chi connectivity index (χ4v) is 1.24. The molecule has 0 saturated heterocycles. The van der Waals surface area contributed by atoms with Crippen molar-refractivity contribution in [2.24, 2.45) is 0 Å². The molecule has 3 heteroatoms. The van der Waals surface area contributed by atoms with Crippen LogP contribution in [-0.4, -0.2) is 9.67 Å². The fraction of sp³-hybridized carbons (Fsp3) is 0.375. The van der Waals surface area contributed by atoms with E-state index in [0.29, 0.717) is 10.7 Å². The Bertz CT molecular complexity index is 303. The molecule has 0 amide bonds. The van der Waals surface area contributed by atoms with Gasteiger partial charge in [0.2, 0.25) is 0 Å². The largest absolute Gasteiger partial charge is 0.505 e. The average molecular weight is 169 g/mol. The van der Waals surface area contributed by atoms with Gasteiger partial charge in [-0.15, -0.1) is 0 Å². The number of rotatable bonds is 1. The monoisotopic (exact) mass is 169 g/mol. The molecule has 2 nitrogen and oxygen atoms in total. The highest BCUT2D eigenvalue weighted by Gasteiger charge is 1.99. The van der Waals surface area contributed by atoms with Crippen LogP contribution in [0, 0.1) is 4.64 Å². The number of aromatic hydroxyl groups is 1. The summed E-state index contributed by atoms with van der Waals surface area (Å²) in [5, 5.41) is 9.22. The number of hydrogen-bond acceptors (Lipinski definition) is 2.